The molecule has 95 heavy (non-hydrogen) atoms. The van der Waals surface area contributed by atoms with Crippen molar-refractivity contribution in [3.05, 3.63) is 12.2 Å². The second-order valence-corrected chi connectivity index (χ2v) is 30.1. The highest BCUT2D eigenvalue weighted by Gasteiger charge is 2.46. The molecule has 544 valence electrons. The number of likely N-dealkylation sites (tertiary alicyclic amines) is 1. The summed E-state index contributed by atoms with van der Waals surface area (Å²) < 4.78 is 5.60. The predicted molar refractivity (Wildman–Crippen MR) is 372 cm³/mol. The van der Waals surface area contributed by atoms with Crippen molar-refractivity contribution in [1.82, 2.24) is 44.5 Å². The standard InChI is InChI=1S/C73H129N9O13/c1-26-28-30-49(14)65(86)64-66(87)74-55(27-2)70(91)75(18)52(17)68(89)80(23)63(48(13)31-29-34-82-35-32-53(95-25)33-36-82)61(85)42-54(46(9)10)69(90)76(19)56(37-43(3)4)60(84)40-50(15)59(83)41-51(16)67(88)77(20)57(38-44(5)6)71(92)78(21)58(39-45(7)8)72(93)79(22)62(47(11)12)73(94)81(64)24/h26,28,43-58,62-65,86H,27,29-42H2,1-25H3,(H,74,87)/b28-26+/t48-,49-,50-,51+,52-,54+,55+,56+,57+,58+,62+,63?,64+,65-/m1/s1. The summed E-state index contributed by atoms with van der Waals surface area (Å²) in [5.41, 5.74) is 0. The number of piperidine rings is 1. The van der Waals surface area contributed by atoms with E-state index in [-0.39, 0.29) is 86.2 Å². The SMILES string of the molecule is C/C=C/C[C@@H](C)[C@@H](O)[C@H]1C(=O)N[C@@H](CC)C(=O)N(C)[C@H](C)C(=O)N(C)C([C@H](C)CCCN2CCC(OC)CC2)C(=O)C[C@@H](C(C)C)C(=O)N(C)[C@@H](CC(C)C)C(=O)C[C@@H](C)C(=O)C[C@H](C)C(=O)N(C)[C@@H](CC(C)C)C(=O)N(C)[C@@H](CC(C)C)C(=O)N(C)[C@@H](C(C)C)C(=O)N1C. The summed E-state index contributed by atoms with van der Waals surface area (Å²) in [5.74, 6) is -11.0. The summed E-state index contributed by atoms with van der Waals surface area (Å²) in [7, 11) is 12.1. The first-order chi connectivity index (χ1) is 44.1. The number of ether oxygens (including phenoxy) is 1. The van der Waals surface area contributed by atoms with Crippen LogP contribution in [0, 0.1) is 59.2 Å². The van der Waals surface area contributed by atoms with Crippen LogP contribution in [0.1, 0.15) is 195 Å². The Morgan fingerprint density at radius 3 is 1.48 bits per heavy atom. The number of likely N-dealkylation sites (N-methyl/N-ethyl adjacent to an activating group) is 7. The number of carbonyl (C=O) groups is 11. The number of aliphatic hydroxyl groups is 1. The van der Waals surface area contributed by atoms with Gasteiger partial charge in [0.1, 0.15) is 42.0 Å². The molecule has 0 aromatic rings. The van der Waals surface area contributed by atoms with Crippen molar-refractivity contribution in [2.24, 2.45) is 59.2 Å². The number of Topliss-reactive ketones (excluding diaryl/α,β-unsaturated/α-hetero) is 3. The van der Waals surface area contributed by atoms with Gasteiger partial charge >= 0.3 is 0 Å². The van der Waals surface area contributed by atoms with Gasteiger partial charge in [-0.2, -0.15) is 0 Å². The van der Waals surface area contributed by atoms with Gasteiger partial charge in [0.05, 0.1) is 24.3 Å². The van der Waals surface area contributed by atoms with E-state index in [9.17, 15) is 24.3 Å². The molecule has 2 fully saturated rings. The van der Waals surface area contributed by atoms with Crippen LogP contribution in [-0.2, 0) is 57.5 Å². The molecule has 2 heterocycles. The molecule has 0 radical (unpaired) electrons. The first-order valence-electron chi connectivity index (χ1n) is 35.4. The Labute approximate surface area is 572 Å². The molecule has 22 heteroatoms. The van der Waals surface area contributed by atoms with E-state index >= 15 is 33.6 Å². The molecule has 2 aliphatic heterocycles. The van der Waals surface area contributed by atoms with Crippen molar-refractivity contribution in [3.63, 3.8) is 0 Å². The highest BCUT2D eigenvalue weighted by Crippen LogP contribution is 2.31. The zero-order chi connectivity index (χ0) is 73.0. The minimum absolute atomic E-state index is 0.0255. The monoisotopic (exact) mass is 1340 g/mol. The summed E-state index contributed by atoms with van der Waals surface area (Å²) in [6.45, 7) is 33.0. The quantitative estimate of drug-likeness (QED) is 0.120. The predicted octanol–water partition coefficient (Wildman–Crippen LogP) is 7.41. The van der Waals surface area contributed by atoms with Crippen LogP contribution < -0.4 is 5.32 Å². The van der Waals surface area contributed by atoms with Crippen molar-refractivity contribution >= 4 is 64.6 Å². The van der Waals surface area contributed by atoms with Crippen LogP contribution in [0.3, 0.4) is 0 Å². The fraction of sp³-hybridized carbons (Fsp3) is 0.822. The second-order valence-electron chi connectivity index (χ2n) is 30.1. The Hall–Kier alpha value is -5.61. The molecule has 0 bridgehead atoms. The average molecular weight is 1340 g/mol. The van der Waals surface area contributed by atoms with Gasteiger partial charge in [-0.05, 0) is 120 Å². The van der Waals surface area contributed by atoms with E-state index in [0.29, 0.717) is 19.3 Å². The molecule has 0 saturated carbocycles. The third-order valence-corrected chi connectivity index (χ3v) is 20.3. The highest BCUT2D eigenvalue weighted by molar-refractivity contribution is 6.00. The number of nitrogens with one attached hydrogen (secondary N) is 1. The van der Waals surface area contributed by atoms with Crippen LogP contribution in [0.4, 0.5) is 0 Å². The Balaban J connectivity index is 3.03. The number of amides is 8. The average Bonchev–Trinajstić information content (AvgIpc) is 0.810. The maximum absolute atomic E-state index is 15.3. The number of aliphatic hydroxyl groups excluding tert-OH is 1. The van der Waals surface area contributed by atoms with Crippen molar-refractivity contribution in [3.8, 4) is 0 Å². The molecule has 0 aliphatic carbocycles. The van der Waals surface area contributed by atoms with Gasteiger partial charge in [0.2, 0.25) is 47.3 Å². The molecule has 1 unspecified atom stereocenters. The number of hydrogen-bond donors (Lipinski definition) is 2. The normalized spacial score (nSPS) is 28.1. The van der Waals surface area contributed by atoms with Crippen molar-refractivity contribution in [2.75, 3.05) is 76.1 Å². The smallest absolute Gasteiger partial charge is 0.246 e. The van der Waals surface area contributed by atoms with Gasteiger partial charge in [-0.25, -0.2) is 0 Å². The summed E-state index contributed by atoms with van der Waals surface area (Å²) in [5, 5.41) is 15.1. The van der Waals surface area contributed by atoms with Crippen molar-refractivity contribution in [2.45, 2.75) is 255 Å². The third-order valence-electron chi connectivity index (χ3n) is 20.3. The van der Waals surface area contributed by atoms with Crippen LogP contribution in [0.15, 0.2) is 12.2 Å². The molecule has 0 spiro atoms. The maximum Gasteiger partial charge on any atom is 0.246 e. The summed E-state index contributed by atoms with van der Waals surface area (Å²) in [6.07, 6.45) is 5.54. The summed E-state index contributed by atoms with van der Waals surface area (Å²) in [4.78, 5) is 176. The van der Waals surface area contributed by atoms with Crippen LogP contribution in [0.5, 0.6) is 0 Å². The molecule has 0 aromatic heterocycles. The van der Waals surface area contributed by atoms with Crippen molar-refractivity contribution < 1.29 is 62.6 Å². The van der Waals surface area contributed by atoms with E-state index in [4.69, 9.17) is 4.74 Å². The first-order valence-corrected chi connectivity index (χ1v) is 35.4. The number of allylic oxidation sites excluding steroid dienone is 2. The second kappa shape index (κ2) is 39.7. The lowest BCUT2D eigenvalue weighted by atomic mass is 9.82. The topological polar surface area (TPSA) is 255 Å². The zero-order valence-electron chi connectivity index (χ0n) is 63.2. The van der Waals surface area contributed by atoms with E-state index in [1.165, 1.54) is 78.6 Å². The Morgan fingerprint density at radius 1 is 0.526 bits per heavy atom. The number of methoxy groups -OCH3 is 1. The first kappa shape index (κ1) is 85.5. The molecule has 22 nitrogen and oxygen atoms in total. The number of hydrogen-bond acceptors (Lipinski definition) is 14. The minimum Gasteiger partial charge on any atom is -0.390 e. The van der Waals surface area contributed by atoms with Gasteiger partial charge in [0, 0.05) is 107 Å². The van der Waals surface area contributed by atoms with Crippen LogP contribution in [0.25, 0.3) is 0 Å². The van der Waals surface area contributed by atoms with E-state index in [0.717, 1.165) is 37.4 Å². The zero-order valence-corrected chi connectivity index (χ0v) is 63.2. The molecule has 2 aliphatic rings. The molecule has 14 atom stereocenters. The van der Waals surface area contributed by atoms with Crippen molar-refractivity contribution in [1.29, 1.82) is 0 Å². The van der Waals surface area contributed by atoms with E-state index < -0.39 is 143 Å². The minimum atomic E-state index is -1.61. The summed E-state index contributed by atoms with van der Waals surface area (Å²) >= 11 is 0. The van der Waals surface area contributed by atoms with Crippen LogP contribution in [0.2, 0.25) is 0 Å². The van der Waals surface area contributed by atoms with Gasteiger partial charge in [-0.15, -0.1) is 0 Å². The molecule has 0 aromatic carbocycles. The number of nitrogens with zero attached hydrogens (tertiary/aromatic N) is 8. The van der Waals surface area contributed by atoms with Crippen LogP contribution >= 0.6 is 0 Å². The molecular formula is C73H129N9O13. The van der Waals surface area contributed by atoms with E-state index in [1.807, 2.05) is 75.3 Å². The Morgan fingerprint density at radius 2 is 1.00 bits per heavy atom. The van der Waals surface area contributed by atoms with Gasteiger partial charge < -0.3 is 54.4 Å². The van der Waals surface area contributed by atoms with Crippen LogP contribution in [-0.4, -0.2) is 246 Å². The van der Waals surface area contributed by atoms with Gasteiger partial charge in [-0.3, -0.25) is 52.7 Å². The summed E-state index contributed by atoms with van der Waals surface area (Å²) in [6, 6.07) is -9.60. The van der Waals surface area contributed by atoms with E-state index in [1.54, 1.807) is 61.8 Å². The lowest BCUT2D eigenvalue weighted by Gasteiger charge is -2.41. The lowest BCUT2D eigenvalue weighted by molar-refractivity contribution is -0.157. The molecule has 2 saturated heterocycles. The fourth-order valence-corrected chi connectivity index (χ4v) is 13.8. The third kappa shape index (κ3) is 23.8. The van der Waals surface area contributed by atoms with E-state index in [2.05, 4.69) is 10.2 Å². The molecule has 2 rings (SSSR count). The lowest BCUT2D eigenvalue weighted by Crippen LogP contribution is -2.63. The Bertz CT molecular complexity index is 2580. The molecular weight excluding hydrogens is 1210 g/mol. The number of rotatable bonds is 19. The maximum atomic E-state index is 15.3. The highest BCUT2D eigenvalue weighted by atomic mass is 16.5. The van der Waals surface area contributed by atoms with Gasteiger partial charge in [0.25, 0.3) is 0 Å². The van der Waals surface area contributed by atoms with Gasteiger partial charge in [-0.1, -0.05) is 116 Å². The number of ketones is 3. The molecule has 8 amide bonds. The Kier molecular flexibility index (Phi) is 35.7. The fourth-order valence-electron chi connectivity index (χ4n) is 13.8. The largest absolute Gasteiger partial charge is 0.390 e. The molecule has 2 N–H and O–H groups in total. The van der Waals surface area contributed by atoms with Gasteiger partial charge in [0.15, 0.2) is 11.6 Å². The number of carbonyl (C=O) groups excluding carboxylic acids is 11.